The lowest BCUT2D eigenvalue weighted by molar-refractivity contribution is 0.179. The molecule has 1 atom stereocenters. The van der Waals surface area contributed by atoms with E-state index >= 15 is 0 Å². The van der Waals surface area contributed by atoms with E-state index in [1.165, 1.54) is 81.4 Å². The van der Waals surface area contributed by atoms with Crippen LogP contribution in [0.5, 0.6) is 0 Å². The molecule has 0 radical (unpaired) electrons. The number of rotatable bonds is 4. The van der Waals surface area contributed by atoms with Crippen molar-refractivity contribution < 1.29 is 4.39 Å². The third kappa shape index (κ3) is 4.12. The number of hydrogen-bond acceptors (Lipinski definition) is 1. The highest BCUT2D eigenvalue weighted by atomic mass is 19.1. The molecule has 1 nitrogen and oxygen atoms in total. The topological polar surface area (TPSA) is 3.24 Å². The third-order valence-corrected chi connectivity index (χ3v) is 6.06. The van der Waals surface area contributed by atoms with Crippen LogP contribution >= 0.6 is 0 Å². The molecule has 1 unspecified atom stereocenters. The molecule has 0 N–H and O–H groups in total. The Bertz CT molecular complexity index is 670. The Labute approximate surface area is 150 Å². The van der Waals surface area contributed by atoms with Gasteiger partial charge in [-0.05, 0) is 72.9 Å². The van der Waals surface area contributed by atoms with Gasteiger partial charge in [-0.25, -0.2) is 4.39 Å². The fourth-order valence-electron chi connectivity index (χ4n) is 4.64. The second-order valence-corrected chi connectivity index (χ2v) is 7.88. The lowest BCUT2D eigenvalue weighted by Crippen LogP contribution is -2.37. The lowest BCUT2D eigenvalue weighted by atomic mass is 9.89. The van der Waals surface area contributed by atoms with E-state index in [-0.39, 0.29) is 5.82 Å². The van der Waals surface area contributed by atoms with Crippen molar-refractivity contribution in [1.29, 1.82) is 0 Å². The highest BCUT2D eigenvalue weighted by molar-refractivity contribution is 5.63. The SMILES string of the molecule is Fc1ccc(-c2ccc(C3CCCN(CC4CCCC4)C3)cc2)cc1. The van der Waals surface area contributed by atoms with Gasteiger partial charge < -0.3 is 4.90 Å². The molecule has 1 saturated carbocycles. The molecule has 1 heterocycles. The molecule has 132 valence electrons. The molecule has 2 aromatic carbocycles. The minimum Gasteiger partial charge on any atom is -0.302 e. The highest BCUT2D eigenvalue weighted by Crippen LogP contribution is 2.31. The van der Waals surface area contributed by atoms with E-state index in [0.717, 1.165) is 11.5 Å². The van der Waals surface area contributed by atoms with Crippen molar-refractivity contribution in [2.75, 3.05) is 19.6 Å². The second kappa shape index (κ2) is 7.70. The average molecular weight is 337 g/mol. The van der Waals surface area contributed by atoms with Crippen LogP contribution in [0.1, 0.15) is 50.0 Å². The Morgan fingerprint density at radius 3 is 2.12 bits per heavy atom. The zero-order chi connectivity index (χ0) is 17.1. The van der Waals surface area contributed by atoms with E-state index in [4.69, 9.17) is 0 Å². The Kier molecular flexibility index (Phi) is 5.17. The van der Waals surface area contributed by atoms with Crippen molar-refractivity contribution in [1.82, 2.24) is 4.90 Å². The van der Waals surface area contributed by atoms with Gasteiger partial charge in [-0.3, -0.25) is 0 Å². The lowest BCUT2D eigenvalue weighted by Gasteiger charge is -2.34. The molecule has 4 rings (SSSR count). The first kappa shape index (κ1) is 16.8. The maximum Gasteiger partial charge on any atom is 0.123 e. The first-order valence-corrected chi connectivity index (χ1v) is 9.86. The summed E-state index contributed by atoms with van der Waals surface area (Å²) in [7, 11) is 0. The summed E-state index contributed by atoms with van der Waals surface area (Å²) in [5, 5.41) is 0. The first-order valence-electron chi connectivity index (χ1n) is 9.86. The van der Waals surface area contributed by atoms with Gasteiger partial charge in [0.05, 0.1) is 0 Å². The standard InChI is InChI=1S/C23H28FN/c24-23-13-11-20(12-14-23)19-7-9-21(10-8-19)22-6-3-15-25(17-22)16-18-4-1-2-5-18/h7-14,18,22H,1-6,15-17H2. The predicted octanol–water partition coefficient (Wildman–Crippen LogP) is 5.86. The Hall–Kier alpha value is -1.67. The highest BCUT2D eigenvalue weighted by Gasteiger charge is 2.24. The zero-order valence-electron chi connectivity index (χ0n) is 15.0. The summed E-state index contributed by atoms with van der Waals surface area (Å²) in [4.78, 5) is 2.71. The van der Waals surface area contributed by atoms with Crippen LogP contribution in [0.15, 0.2) is 48.5 Å². The molecule has 25 heavy (non-hydrogen) atoms. The van der Waals surface area contributed by atoms with E-state index in [1.54, 1.807) is 0 Å². The second-order valence-electron chi connectivity index (χ2n) is 7.88. The first-order chi connectivity index (χ1) is 12.3. The van der Waals surface area contributed by atoms with Crippen LogP contribution in [-0.4, -0.2) is 24.5 Å². The molecule has 0 bridgehead atoms. The fourth-order valence-corrected chi connectivity index (χ4v) is 4.64. The van der Waals surface area contributed by atoms with Crippen molar-refractivity contribution in [3.8, 4) is 11.1 Å². The van der Waals surface area contributed by atoms with Crippen LogP contribution < -0.4 is 0 Å². The van der Waals surface area contributed by atoms with Crippen molar-refractivity contribution in [2.24, 2.45) is 5.92 Å². The predicted molar refractivity (Wildman–Crippen MR) is 102 cm³/mol. The van der Waals surface area contributed by atoms with Crippen molar-refractivity contribution >= 4 is 0 Å². The van der Waals surface area contributed by atoms with Gasteiger partial charge in [0.25, 0.3) is 0 Å². The molecule has 0 aromatic heterocycles. The normalized spacial score (nSPS) is 22.4. The summed E-state index contributed by atoms with van der Waals surface area (Å²) in [6.07, 6.45) is 8.37. The molecule has 2 heteroatoms. The van der Waals surface area contributed by atoms with Gasteiger partial charge in [0.2, 0.25) is 0 Å². The number of likely N-dealkylation sites (tertiary alicyclic amines) is 1. The van der Waals surface area contributed by atoms with Crippen LogP contribution in [0.25, 0.3) is 11.1 Å². The summed E-state index contributed by atoms with van der Waals surface area (Å²) in [5.41, 5.74) is 3.71. The van der Waals surface area contributed by atoms with Crippen molar-refractivity contribution in [3.63, 3.8) is 0 Å². The fraction of sp³-hybridized carbons (Fsp3) is 0.478. The molecular formula is C23H28FN. The number of halogens is 1. The maximum absolute atomic E-state index is 13.1. The smallest absolute Gasteiger partial charge is 0.123 e. The summed E-state index contributed by atoms with van der Waals surface area (Å²) >= 11 is 0. The Balaban J connectivity index is 1.41. The van der Waals surface area contributed by atoms with Crippen LogP contribution in [0.2, 0.25) is 0 Å². The molecule has 0 spiro atoms. The number of hydrogen-bond donors (Lipinski definition) is 0. The van der Waals surface area contributed by atoms with E-state index in [1.807, 2.05) is 12.1 Å². The van der Waals surface area contributed by atoms with E-state index in [0.29, 0.717) is 5.92 Å². The minimum absolute atomic E-state index is 0.176. The van der Waals surface area contributed by atoms with Gasteiger partial charge in [0.1, 0.15) is 5.82 Å². The summed E-state index contributed by atoms with van der Waals surface area (Å²) in [6, 6.07) is 15.7. The number of benzene rings is 2. The summed E-state index contributed by atoms with van der Waals surface area (Å²) in [5.74, 6) is 1.43. The molecule has 1 aliphatic heterocycles. The Morgan fingerprint density at radius 1 is 0.800 bits per heavy atom. The molecule has 2 aliphatic rings. The maximum atomic E-state index is 13.1. The van der Waals surface area contributed by atoms with Gasteiger partial charge in [-0.2, -0.15) is 0 Å². The van der Waals surface area contributed by atoms with Gasteiger partial charge >= 0.3 is 0 Å². The largest absolute Gasteiger partial charge is 0.302 e. The van der Waals surface area contributed by atoms with E-state index in [2.05, 4.69) is 29.2 Å². The minimum atomic E-state index is -0.176. The summed E-state index contributed by atoms with van der Waals surface area (Å²) in [6.45, 7) is 3.80. The van der Waals surface area contributed by atoms with E-state index < -0.39 is 0 Å². The molecule has 2 fully saturated rings. The van der Waals surface area contributed by atoms with Gasteiger partial charge in [0.15, 0.2) is 0 Å². The van der Waals surface area contributed by atoms with Crippen molar-refractivity contribution in [3.05, 3.63) is 59.9 Å². The van der Waals surface area contributed by atoms with Crippen LogP contribution in [0, 0.1) is 11.7 Å². The van der Waals surface area contributed by atoms with Crippen LogP contribution in [-0.2, 0) is 0 Å². The van der Waals surface area contributed by atoms with Gasteiger partial charge in [-0.15, -0.1) is 0 Å². The molecular weight excluding hydrogens is 309 g/mol. The zero-order valence-corrected chi connectivity index (χ0v) is 15.0. The van der Waals surface area contributed by atoms with Gasteiger partial charge in [-0.1, -0.05) is 49.2 Å². The molecule has 0 amide bonds. The number of piperidine rings is 1. The van der Waals surface area contributed by atoms with Crippen LogP contribution in [0.4, 0.5) is 4.39 Å². The monoisotopic (exact) mass is 337 g/mol. The molecule has 1 aliphatic carbocycles. The quantitative estimate of drug-likeness (QED) is 0.675. The average Bonchev–Trinajstić information content (AvgIpc) is 3.16. The van der Waals surface area contributed by atoms with Crippen molar-refractivity contribution in [2.45, 2.75) is 44.4 Å². The molecule has 2 aromatic rings. The molecule has 1 saturated heterocycles. The van der Waals surface area contributed by atoms with Crippen LogP contribution in [0.3, 0.4) is 0 Å². The third-order valence-electron chi connectivity index (χ3n) is 6.06. The summed E-state index contributed by atoms with van der Waals surface area (Å²) < 4.78 is 13.1. The van der Waals surface area contributed by atoms with Gasteiger partial charge in [0, 0.05) is 13.1 Å². The van der Waals surface area contributed by atoms with E-state index in [9.17, 15) is 4.39 Å². The number of nitrogens with zero attached hydrogens (tertiary/aromatic N) is 1. The Morgan fingerprint density at radius 2 is 1.44 bits per heavy atom.